The Kier molecular flexibility index (Phi) is 4.36. The Morgan fingerprint density at radius 3 is 2.80 bits per heavy atom. The molecule has 0 saturated carbocycles. The van der Waals surface area contributed by atoms with Gasteiger partial charge in [-0.05, 0) is 17.5 Å². The number of nitro groups is 1. The second kappa shape index (κ2) is 6.02. The number of rotatable bonds is 4. The fraction of sp³-hybridized carbons (Fsp3) is 0.154. The van der Waals surface area contributed by atoms with Crippen LogP contribution in [0.2, 0.25) is 5.02 Å². The molecule has 2 rings (SSSR count). The highest BCUT2D eigenvalue weighted by atomic mass is 35.5. The molecule has 0 radical (unpaired) electrons. The molecule has 2 aromatic rings. The van der Waals surface area contributed by atoms with Crippen LogP contribution < -0.4 is 0 Å². The molecule has 1 heterocycles. The molecule has 5 nitrogen and oxygen atoms in total. The van der Waals surface area contributed by atoms with Gasteiger partial charge in [-0.3, -0.25) is 14.9 Å². The molecule has 0 saturated heterocycles. The smallest absolute Gasteiger partial charge is 0.270 e. The van der Waals surface area contributed by atoms with Gasteiger partial charge >= 0.3 is 0 Å². The number of thiophene rings is 1. The lowest BCUT2D eigenvalue weighted by molar-refractivity contribution is -0.384. The van der Waals surface area contributed by atoms with Gasteiger partial charge in [-0.15, -0.1) is 11.3 Å². The SMILES string of the molecule is CN(Cc1cccs1)C(=O)c1cc([N+](=O)[O-])ccc1Cl. The number of hydrogen-bond donors (Lipinski definition) is 0. The van der Waals surface area contributed by atoms with E-state index in [4.69, 9.17) is 11.6 Å². The number of halogens is 1. The van der Waals surface area contributed by atoms with Crippen molar-refractivity contribution in [1.82, 2.24) is 4.90 Å². The Hall–Kier alpha value is -1.92. The van der Waals surface area contributed by atoms with Crippen LogP contribution in [0.1, 0.15) is 15.2 Å². The lowest BCUT2D eigenvalue weighted by Gasteiger charge is -2.16. The molecule has 0 bridgehead atoms. The summed E-state index contributed by atoms with van der Waals surface area (Å²) < 4.78 is 0. The summed E-state index contributed by atoms with van der Waals surface area (Å²) in [6.07, 6.45) is 0. The number of carbonyl (C=O) groups excluding carboxylic acids is 1. The lowest BCUT2D eigenvalue weighted by atomic mass is 10.1. The van der Waals surface area contributed by atoms with Crippen LogP contribution in [0, 0.1) is 10.1 Å². The fourth-order valence-corrected chi connectivity index (χ4v) is 2.66. The Labute approximate surface area is 124 Å². The Bertz CT molecular complexity index is 643. The van der Waals surface area contributed by atoms with Crippen molar-refractivity contribution in [2.24, 2.45) is 0 Å². The van der Waals surface area contributed by atoms with Crippen molar-refractivity contribution in [1.29, 1.82) is 0 Å². The summed E-state index contributed by atoms with van der Waals surface area (Å²) in [6.45, 7) is 0.440. The van der Waals surface area contributed by atoms with Crippen LogP contribution in [0.25, 0.3) is 0 Å². The van der Waals surface area contributed by atoms with E-state index in [1.165, 1.54) is 23.1 Å². The normalized spacial score (nSPS) is 10.3. The number of nitrogens with zero attached hydrogens (tertiary/aromatic N) is 2. The van der Waals surface area contributed by atoms with E-state index < -0.39 is 4.92 Å². The second-order valence-corrected chi connectivity index (χ2v) is 5.60. The minimum atomic E-state index is -0.549. The predicted octanol–water partition coefficient (Wildman–Crippen LogP) is 3.58. The first-order valence-electron chi connectivity index (χ1n) is 5.71. The molecule has 20 heavy (non-hydrogen) atoms. The fourth-order valence-electron chi connectivity index (χ4n) is 1.70. The van der Waals surface area contributed by atoms with Crippen molar-refractivity contribution < 1.29 is 9.72 Å². The van der Waals surface area contributed by atoms with Gasteiger partial charge in [0, 0.05) is 24.1 Å². The van der Waals surface area contributed by atoms with E-state index in [1.54, 1.807) is 18.4 Å². The number of nitro benzene ring substituents is 1. The number of amides is 1. The van der Waals surface area contributed by atoms with Crippen LogP contribution >= 0.6 is 22.9 Å². The zero-order chi connectivity index (χ0) is 14.7. The number of non-ortho nitro benzene ring substituents is 1. The van der Waals surface area contributed by atoms with Crippen LogP contribution in [0.15, 0.2) is 35.7 Å². The first kappa shape index (κ1) is 14.5. The Morgan fingerprint density at radius 1 is 1.45 bits per heavy atom. The molecule has 0 aliphatic heterocycles. The molecule has 1 aromatic carbocycles. The quantitative estimate of drug-likeness (QED) is 0.640. The highest BCUT2D eigenvalue weighted by molar-refractivity contribution is 7.09. The number of carbonyl (C=O) groups is 1. The van der Waals surface area contributed by atoms with E-state index in [9.17, 15) is 14.9 Å². The zero-order valence-corrected chi connectivity index (χ0v) is 12.1. The minimum absolute atomic E-state index is 0.139. The van der Waals surface area contributed by atoms with E-state index in [-0.39, 0.29) is 22.2 Å². The molecule has 0 aliphatic carbocycles. The third kappa shape index (κ3) is 3.15. The predicted molar refractivity (Wildman–Crippen MR) is 78.2 cm³/mol. The summed E-state index contributed by atoms with van der Waals surface area (Å²) in [7, 11) is 1.64. The molecule has 0 fully saturated rings. The van der Waals surface area contributed by atoms with Gasteiger partial charge in [-0.2, -0.15) is 0 Å². The summed E-state index contributed by atoms with van der Waals surface area (Å²) in [6, 6.07) is 7.67. The average Bonchev–Trinajstić information content (AvgIpc) is 2.91. The first-order valence-corrected chi connectivity index (χ1v) is 6.96. The van der Waals surface area contributed by atoms with Gasteiger partial charge in [0.15, 0.2) is 0 Å². The standard InChI is InChI=1S/C13H11ClN2O3S/c1-15(8-10-3-2-6-20-10)13(17)11-7-9(16(18)19)4-5-12(11)14/h2-7H,8H2,1H3. The Morgan fingerprint density at radius 2 is 2.20 bits per heavy atom. The van der Waals surface area contributed by atoms with Crippen LogP contribution in [-0.4, -0.2) is 22.8 Å². The lowest BCUT2D eigenvalue weighted by Crippen LogP contribution is -2.26. The maximum atomic E-state index is 12.3. The molecule has 0 aliphatic rings. The zero-order valence-electron chi connectivity index (χ0n) is 10.6. The first-order chi connectivity index (χ1) is 9.49. The van der Waals surface area contributed by atoms with E-state index in [1.807, 2.05) is 17.5 Å². The molecule has 7 heteroatoms. The van der Waals surface area contributed by atoms with Gasteiger partial charge in [0.2, 0.25) is 0 Å². The van der Waals surface area contributed by atoms with Gasteiger partial charge in [0.1, 0.15) is 0 Å². The summed E-state index contributed by atoms with van der Waals surface area (Å²) >= 11 is 7.50. The summed E-state index contributed by atoms with van der Waals surface area (Å²) in [5.74, 6) is -0.341. The van der Waals surface area contributed by atoms with Crippen LogP contribution in [-0.2, 0) is 6.54 Å². The second-order valence-electron chi connectivity index (χ2n) is 4.16. The molecule has 0 unspecified atom stereocenters. The molecular formula is C13H11ClN2O3S. The van der Waals surface area contributed by atoms with E-state index >= 15 is 0 Å². The summed E-state index contributed by atoms with van der Waals surface area (Å²) in [5.41, 5.74) is -0.0119. The molecule has 1 aromatic heterocycles. The molecule has 0 spiro atoms. The molecule has 1 amide bonds. The third-order valence-corrected chi connectivity index (χ3v) is 3.90. The van der Waals surface area contributed by atoms with Crippen molar-refractivity contribution in [2.45, 2.75) is 6.54 Å². The van der Waals surface area contributed by atoms with E-state index in [0.29, 0.717) is 6.54 Å². The van der Waals surface area contributed by atoms with Crippen molar-refractivity contribution in [2.75, 3.05) is 7.05 Å². The monoisotopic (exact) mass is 310 g/mol. The van der Waals surface area contributed by atoms with Gasteiger partial charge < -0.3 is 4.90 Å². The number of hydrogen-bond acceptors (Lipinski definition) is 4. The van der Waals surface area contributed by atoms with E-state index in [2.05, 4.69) is 0 Å². The summed E-state index contributed by atoms with van der Waals surface area (Å²) in [4.78, 5) is 25.0. The highest BCUT2D eigenvalue weighted by Crippen LogP contribution is 2.24. The molecule has 104 valence electrons. The highest BCUT2D eigenvalue weighted by Gasteiger charge is 2.19. The maximum absolute atomic E-state index is 12.3. The van der Waals surface area contributed by atoms with Gasteiger partial charge in [0.05, 0.1) is 22.1 Å². The van der Waals surface area contributed by atoms with Crippen LogP contribution in [0.4, 0.5) is 5.69 Å². The largest absolute Gasteiger partial charge is 0.337 e. The molecule has 0 atom stereocenters. The van der Waals surface area contributed by atoms with Crippen molar-refractivity contribution in [3.63, 3.8) is 0 Å². The molecule has 0 N–H and O–H groups in total. The van der Waals surface area contributed by atoms with Crippen LogP contribution in [0.3, 0.4) is 0 Å². The molecular weight excluding hydrogens is 300 g/mol. The van der Waals surface area contributed by atoms with E-state index in [0.717, 1.165) is 4.88 Å². The topological polar surface area (TPSA) is 63.5 Å². The van der Waals surface area contributed by atoms with Crippen LogP contribution in [0.5, 0.6) is 0 Å². The van der Waals surface area contributed by atoms with Crippen molar-refractivity contribution in [3.05, 3.63) is 61.3 Å². The maximum Gasteiger partial charge on any atom is 0.270 e. The minimum Gasteiger partial charge on any atom is -0.337 e. The third-order valence-electron chi connectivity index (χ3n) is 2.71. The number of benzene rings is 1. The van der Waals surface area contributed by atoms with Crippen molar-refractivity contribution in [3.8, 4) is 0 Å². The summed E-state index contributed by atoms with van der Waals surface area (Å²) in [5, 5.41) is 12.9. The van der Waals surface area contributed by atoms with Gasteiger partial charge in [-0.1, -0.05) is 17.7 Å². The van der Waals surface area contributed by atoms with Gasteiger partial charge in [-0.25, -0.2) is 0 Å². The Balaban J connectivity index is 2.23. The van der Waals surface area contributed by atoms with Crippen molar-refractivity contribution >= 4 is 34.5 Å². The average molecular weight is 311 g/mol. The van der Waals surface area contributed by atoms with Gasteiger partial charge in [0.25, 0.3) is 11.6 Å².